The standard InChI is InChI=1S/C15H18ClN5OS/c1-15(2,22)4-6-18-9-7-10(17)20-12-11(16)13(23-14(9)12)8-3-5-19-21-8/h3,5,7,22H,4,6H2,1-2H3,(H,19,21)(H3,17,18,20). The van der Waals surface area contributed by atoms with Gasteiger partial charge in [-0.15, -0.1) is 11.3 Å². The summed E-state index contributed by atoms with van der Waals surface area (Å²) in [6.45, 7) is 4.18. The van der Waals surface area contributed by atoms with Crippen molar-refractivity contribution in [3.63, 3.8) is 0 Å². The second-order valence-electron chi connectivity index (χ2n) is 5.98. The van der Waals surface area contributed by atoms with Crippen molar-refractivity contribution in [1.29, 1.82) is 0 Å². The van der Waals surface area contributed by atoms with Crippen molar-refractivity contribution in [2.75, 3.05) is 17.6 Å². The van der Waals surface area contributed by atoms with Crippen LogP contribution in [0.2, 0.25) is 5.02 Å². The number of hydrogen-bond donors (Lipinski definition) is 4. The smallest absolute Gasteiger partial charge is 0.126 e. The molecule has 0 aliphatic carbocycles. The van der Waals surface area contributed by atoms with Gasteiger partial charge >= 0.3 is 0 Å². The van der Waals surface area contributed by atoms with E-state index >= 15 is 0 Å². The van der Waals surface area contributed by atoms with Crippen LogP contribution in [0.1, 0.15) is 20.3 Å². The molecule has 0 unspecified atom stereocenters. The molecule has 3 heterocycles. The number of fused-ring (bicyclic) bond motifs is 1. The number of aromatic amines is 1. The average Bonchev–Trinajstić information content (AvgIpc) is 3.06. The zero-order chi connectivity index (χ0) is 16.6. The number of nitrogens with two attached hydrogens (primary N) is 1. The van der Waals surface area contributed by atoms with Crippen LogP contribution >= 0.6 is 22.9 Å². The van der Waals surface area contributed by atoms with Crippen molar-refractivity contribution in [2.24, 2.45) is 0 Å². The molecule has 0 spiro atoms. The summed E-state index contributed by atoms with van der Waals surface area (Å²) in [6.07, 6.45) is 2.30. The zero-order valence-corrected chi connectivity index (χ0v) is 14.4. The number of hydrogen-bond acceptors (Lipinski definition) is 6. The first-order valence-corrected chi connectivity index (χ1v) is 8.39. The molecule has 122 valence electrons. The van der Waals surface area contributed by atoms with Crippen molar-refractivity contribution in [3.8, 4) is 10.6 Å². The number of aliphatic hydroxyl groups is 1. The number of anilines is 2. The van der Waals surface area contributed by atoms with Gasteiger partial charge < -0.3 is 16.2 Å². The van der Waals surface area contributed by atoms with Gasteiger partial charge in [0, 0.05) is 18.8 Å². The van der Waals surface area contributed by atoms with E-state index in [2.05, 4.69) is 20.5 Å². The number of aromatic nitrogens is 3. The van der Waals surface area contributed by atoms with E-state index in [1.807, 2.05) is 6.07 Å². The number of pyridine rings is 1. The Balaban J connectivity index is 2.00. The predicted octanol–water partition coefficient (Wildman–Crippen LogP) is 3.49. The maximum absolute atomic E-state index is 9.83. The second kappa shape index (κ2) is 5.99. The summed E-state index contributed by atoms with van der Waals surface area (Å²) >= 11 is 8.00. The predicted molar refractivity (Wildman–Crippen MR) is 96.0 cm³/mol. The molecule has 0 aliphatic rings. The third-order valence-electron chi connectivity index (χ3n) is 3.40. The van der Waals surface area contributed by atoms with Crippen LogP contribution in [-0.2, 0) is 0 Å². The minimum atomic E-state index is -0.723. The molecule has 0 radical (unpaired) electrons. The minimum absolute atomic E-state index is 0.402. The third-order valence-corrected chi connectivity index (χ3v) is 5.13. The molecule has 0 aromatic carbocycles. The number of nitrogen functional groups attached to an aromatic ring is 1. The Bertz CT molecular complexity index is 823. The lowest BCUT2D eigenvalue weighted by Crippen LogP contribution is -2.22. The lowest BCUT2D eigenvalue weighted by atomic mass is 10.1. The van der Waals surface area contributed by atoms with Crippen molar-refractivity contribution in [2.45, 2.75) is 25.9 Å². The van der Waals surface area contributed by atoms with Gasteiger partial charge in [-0.05, 0) is 26.3 Å². The van der Waals surface area contributed by atoms with Gasteiger partial charge in [0.05, 0.1) is 31.6 Å². The molecular weight excluding hydrogens is 334 g/mol. The normalized spacial score (nSPS) is 12.0. The molecule has 0 fully saturated rings. The highest BCUT2D eigenvalue weighted by molar-refractivity contribution is 7.23. The molecule has 0 aliphatic heterocycles. The Morgan fingerprint density at radius 3 is 2.91 bits per heavy atom. The van der Waals surface area contributed by atoms with E-state index in [1.165, 1.54) is 11.3 Å². The lowest BCUT2D eigenvalue weighted by molar-refractivity contribution is 0.0749. The molecule has 3 aromatic heterocycles. The molecular formula is C15H18ClN5OS. The van der Waals surface area contributed by atoms with Crippen LogP contribution < -0.4 is 11.1 Å². The summed E-state index contributed by atoms with van der Waals surface area (Å²) in [6, 6.07) is 3.65. The van der Waals surface area contributed by atoms with Crippen molar-refractivity contribution < 1.29 is 5.11 Å². The van der Waals surface area contributed by atoms with E-state index in [-0.39, 0.29) is 0 Å². The van der Waals surface area contributed by atoms with Crippen molar-refractivity contribution >= 4 is 44.7 Å². The van der Waals surface area contributed by atoms with E-state index in [9.17, 15) is 5.11 Å². The topological polar surface area (TPSA) is 99.8 Å². The van der Waals surface area contributed by atoms with Crippen LogP contribution in [-0.4, -0.2) is 32.4 Å². The van der Waals surface area contributed by atoms with Crippen LogP contribution in [0.15, 0.2) is 18.3 Å². The van der Waals surface area contributed by atoms with Crippen molar-refractivity contribution in [1.82, 2.24) is 15.2 Å². The first-order valence-electron chi connectivity index (χ1n) is 7.19. The summed E-state index contributed by atoms with van der Waals surface area (Å²) < 4.78 is 0.935. The van der Waals surface area contributed by atoms with Gasteiger partial charge in [-0.25, -0.2) is 4.98 Å². The van der Waals surface area contributed by atoms with Gasteiger partial charge in [-0.2, -0.15) is 5.10 Å². The Morgan fingerprint density at radius 2 is 2.26 bits per heavy atom. The van der Waals surface area contributed by atoms with E-state index in [4.69, 9.17) is 17.3 Å². The van der Waals surface area contributed by atoms with Gasteiger partial charge in [-0.3, -0.25) is 5.10 Å². The highest BCUT2D eigenvalue weighted by atomic mass is 35.5. The van der Waals surface area contributed by atoms with E-state index in [0.29, 0.717) is 29.3 Å². The third kappa shape index (κ3) is 3.41. The largest absolute Gasteiger partial charge is 0.390 e. The fourth-order valence-electron chi connectivity index (χ4n) is 2.25. The number of nitrogens with zero attached hydrogens (tertiary/aromatic N) is 2. The molecule has 0 atom stereocenters. The highest BCUT2D eigenvalue weighted by Gasteiger charge is 2.18. The van der Waals surface area contributed by atoms with Crippen LogP contribution in [0, 0.1) is 0 Å². The lowest BCUT2D eigenvalue weighted by Gasteiger charge is -2.17. The zero-order valence-electron chi connectivity index (χ0n) is 12.9. The summed E-state index contributed by atoms with van der Waals surface area (Å²) in [4.78, 5) is 5.23. The molecule has 0 saturated heterocycles. The van der Waals surface area contributed by atoms with Gasteiger partial charge in [0.25, 0.3) is 0 Å². The monoisotopic (exact) mass is 351 g/mol. The molecule has 0 bridgehead atoms. The molecule has 23 heavy (non-hydrogen) atoms. The Hall–Kier alpha value is -1.83. The average molecular weight is 352 g/mol. The van der Waals surface area contributed by atoms with Gasteiger partial charge in [0.15, 0.2) is 0 Å². The number of nitrogens with one attached hydrogen (secondary N) is 2. The number of H-pyrrole nitrogens is 1. The molecule has 0 amide bonds. The van der Waals surface area contributed by atoms with Gasteiger partial charge in [0.1, 0.15) is 11.3 Å². The van der Waals surface area contributed by atoms with E-state index in [0.717, 1.165) is 21.0 Å². The molecule has 3 rings (SSSR count). The van der Waals surface area contributed by atoms with E-state index < -0.39 is 5.60 Å². The number of halogens is 1. The molecule has 8 heteroatoms. The summed E-state index contributed by atoms with van der Waals surface area (Å²) in [5.74, 6) is 0.402. The SMILES string of the molecule is CC(C)(O)CCNc1cc(N)nc2c(Cl)c(-c3ccn[nH]3)sc12. The first kappa shape index (κ1) is 16.0. The van der Waals surface area contributed by atoms with Crippen molar-refractivity contribution in [3.05, 3.63) is 23.4 Å². The number of rotatable bonds is 5. The second-order valence-corrected chi connectivity index (χ2v) is 7.38. The van der Waals surface area contributed by atoms with Gasteiger partial charge in [-0.1, -0.05) is 11.6 Å². The minimum Gasteiger partial charge on any atom is -0.390 e. The maximum Gasteiger partial charge on any atom is 0.126 e. The number of thiophene rings is 1. The summed E-state index contributed by atoms with van der Waals surface area (Å²) in [5, 5.41) is 20.6. The maximum atomic E-state index is 9.83. The molecule has 3 aromatic rings. The van der Waals surface area contributed by atoms with Crippen LogP contribution in [0.4, 0.5) is 11.5 Å². The quantitative estimate of drug-likeness (QED) is 0.563. The van der Waals surface area contributed by atoms with E-state index in [1.54, 1.807) is 26.1 Å². The summed E-state index contributed by atoms with van der Waals surface area (Å²) in [7, 11) is 0. The molecule has 5 N–H and O–H groups in total. The fraction of sp³-hybridized carbons (Fsp3) is 0.333. The summed E-state index contributed by atoms with van der Waals surface area (Å²) in [5.41, 5.74) is 7.57. The fourth-order valence-corrected chi connectivity index (χ4v) is 3.76. The van der Waals surface area contributed by atoms with Gasteiger partial charge in [0.2, 0.25) is 0 Å². The Morgan fingerprint density at radius 1 is 1.48 bits per heavy atom. The molecule has 6 nitrogen and oxygen atoms in total. The first-order chi connectivity index (χ1) is 10.8. The van der Waals surface area contributed by atoms with Crippen LogP contribution in [0.3, 0.4) is 0 Å². The van der Waals surface area contributed by atoms with Crippen LogP contribution in [0.5, 0.6) is 0 Å². The Labute approximate surface area is 142 Å². The Kier molecular flexibility index (Phi) is 4.18. The van der Waals surface area contributed by atoms with Crippen LogP contribution in [0.25, 0.3) is 20.8 Å². The highest BCUT2D eigenvalue weighted by Crippen LogP contribution is 2.43. The molecule has 0 saturated carbocycles.